The molecule has 0 aliphatic rings. The fraction of sp³-hybridized carbons (Fsp3) is 0.333. The van der Waals surface area contributed by atoms with Gasteiger partial charge in [-0.2, -0.15) is 0 Å². The molecule has 5 nitrogen and oxygen atoms in total. The Bertz CT molecular complexity index is 774. The van der Waals surface area contributed by atoms with Crippen molar-refractivity contribution < 1.29 is 13.5 Å². The van der Waals surface area contributed by atoms with E-state index >= 15 is 0 Å². The van der Waals surface area contributed by atoms with Gasteiger partial charge in [-0.3, -0.25) is 0 Å². The second-order valence-corrected chi connectivity index (χ2v) is 7.91. The van der Waals surface area contributed by atoms with E-state index in [9.17, 15) is 13.5 Å². The molecule has 2 rings (SSSR count). The Hall–Kier alpha value is -1.73. The summed E-state index contributed by atoms with van der Waals surface area (Å²) in [6, 6.07) is 16.1. The third kappa shape index (κ3) is 4.42. The summed E-state index contributed by atoms with van der Waals surface area (Å²) in [5.41, 5.74) is 0.663. The van der Waals surface area contributed by atoms with Crippen molar-refractivity contribution in [2.45, 2.75) is 30.4 Å². The van der Waals surface area contributed by atoms with Gasteiger partial charge in [-0.05, 0) is 44.2 Å². The summed E-state index contributed by atoms with van der Waals surface area (Å²) < 4.78 is 26.1. The Morgan fingerprint density at radius 1 is 1.12 bits per heavy atom. The van der Waals surface area contributed by atoms with Crippen molar-refractivity contribution in [2.24, 2.45) is 0 Å². The predicted octanol–water partition coefficient (Wildman–Crippen LogP) is 2.15. The lowest BCUT2D eigenvalue weighted by molar-refractivity contribution is 0.0543. The number of aliphatic hydroxyl groups is 1. The van der Waals surface area contributed by atoms with Crippen molar-refractivity contribution in [2.75, 3.05) is 13.6 Å². The average molecular weight is 348 g/mol. The van der Waals surface area contributed by atoms with Crippen molar-refractivity contribution in [3.05, 3.63) is 65.7 Å². The molecular formula is C18H24N2O3S. The van der Waals surface area contributed by atoms with Gasteiger partial charge < -0.3 is 10.4 Å². The van der Waals surface area contributed by atoms with Gasteiger partial charge in [-0.1, -0.05) is 42.5 Å². The normalized spacial score (nSPS) is 15.7. The summed E-state index contributed by atoms with van der Waals surface area (Å²) >= 11 is 0. The molecule has 2 aromatic carbocycles. The van der Waals surface area contributed by atoms with Gasteiger partial charge in [0, 0.05) is 12.6 Å². The largest absolute Gasteiger partial charge is 0.384 e. The Kier molecular flexibility index (Phi) is 5.77. The van der Waals surface area contributed by atoms with Gasteiger partial charge >= 0.3 is 0 Å². The van der Waals surface area contributed by atoms with Crippen LogP contribution >= 0.6 is 0 Å². The Morgan fingerprint density at radius 2 is 1.79 bits per heavy atom. The monoisotopic (exact) mass is 348 g/mol. The third-order valence-corrected chi connectivity index (χ3v) is 5.50. The molecule has 0 bridgehead atoms. The Morgan fingerprint density at radius 3 is 2.42 bits per heavy atom. The molecule has 0 heterocycles. The number of hydrogen-bond acceptors (Lipinski definition) is 4. The van der Waals surface area contributed by atoms with E-state index in [1.165, 1.54) is 7.05 Å². The number of nitrogens with one attached hydrogen (secondary N) is 2. The quantitative estimate of drug-likeness (QED) is 0.716. The van der Waals surface area contributed by atoms with E-state index in [0.717, 1.165) is 11.1 Å². The average Bonchev–Trinajstić information content (AvgIpc) is 2.60. The number of sulfonamides is 1. The van der Waals surface area contributed by atoms with Crippen molar-refractivity contribution in [3.63, 3.8) is 0 Å². The molecule has 0 amide bonds. The maximum absolute atomic E-state index is 11.9. The summed E-state index contributed by atoms with van der Waals surface area (Å²) in [4.78, 5) is 0.228. The first-order valence-electron chi connectivity index (χ1n) is 7.81. The lowest BCUT2D eigenvalue weighted by atomic mass is 9.95. The molecular weight excluding hydrogens is 324 g/mol. The van der Waals surface area contributed by atoms with E-state index in [-0.39, 0.29) is 10.9 Å². The SMILES string of the molecule is CNS(=O)(=O)c1cccc([C@@H](C)NC[C@](C)(O)c2ccccc2)c1. The van der Waals surface area contributed by atoms with Crippen molar-refractivity contribution in [1.29, 1.82) is 0 Å². The molecule has 0 unspecified atom stereocenters. The minimum Gasteiger partial charge on any atom is -0.384 e. The van der Waals surface area contributed by atoms with E-state index in [1.54, 1.807) is 25.1 Å². The summed E-state index contributed by atoms with van der Waals surface area (Å²) in [5, 5.41) is 13.9. The van der Waals surface area contributed by atoms with Crippen LogP contribution in [-0.4, -0.2) is 27.1 Å². The highest BCUT2D eigenvalue weighted by Gasteiger charge is 2.23. The highest BCUT2D eigenvalue weighted by Crippen LogP contribution is 2.22. The summed E-state index contributed by atoms with van der Waals surface area (Å²) in [6.45, 7) is 4.04. The molecule has 0 saturated heterocycles. The van der Waals surface area contributed by atoms with Crippen LogP contribution in [0.15, 0.2) is 59.5 Å². The lowest BCUT2D eigenvalue weighted by Crippen LogP contribution is -2.36. The second-order valence-electron chi connectivity index (χ2n) is 6.02. The number of rotatable bonds is 7. The zero-order valence-electron chi connectivity index (χ0n) is 14.2. The molecule has 0 radical (unpaired) electrons. The number of benzene rings is 2. The first kappa shape index (κ1) is 18.6. The topological polar surface area (TPSA) is 78.4 Å². The van der Waals surface area contributed by atoms with Crippen LogP contribution in [-0.2, 0) is 15.6 Å². The van der Waals surface area contributed by atoms with Crippen LogP contribution in [0.1, 0.15) is 31.0 Å². The molecule has 0 aliphatic carbocycles. The van der Waals surface area contributed by atoms with Crippen LogP contribution in [0.2, 0.25) is 0 Å². The Balaban J connectivity index is 2.11. The smallest absolute Gasteiger partial charge is 0.240 e. The highest BCUT2D eigenvalue weighted by molar-refractivity contribution is 7.89. The van der Waals surface area contributed by atoms with Crippen LogP contribution in [0.4, 0.5) is 0 Å². The number of hydrogen-bond donors (Lipinski definition) is 3. The van der Waals surface area contributed by atoms with Gasteiger partial charge in [0.25, 0.3) is 0 Å². The first-order valence-corrected chi connectivity index (χ1v) is 9.29. The minimum absolute atomic E-state index is 0.104. The molecule has 0 fully saturated rings. The van der Waals surface area contributed by atoms with E-state index in [4.69, 9.17) is 0 Å². The van der Waals surface area contributed by atoms with E-state index in [2.05, 4.69) is 10.0 Å². The maximum Gasteiger partial charge on any atom is 0.240 e. The van der Waals surface area contributed by atoms with Crippen molar-refractivity contribution in [3.8, 4) is 0 Å². The molecule has 0 spiro atoms. The predicted molar refractivity (Wildman–Crippen MR) is 95.1 cm³/mol. The fourth-order valence-corrected chi connectivity index (χ4v) is 3.22. The van der Waals surface area contributed by atoms with Crippen LogP contribution in [0, 0.1) is 0 Å². The van der Waals surface area contributed by atoms with Crippen LogP contribution < -0.4 is 10.0 Å². The van der Waals surface area contributed by atoms with Gasteiger partial charge in [0.2, 0.25) is 10.0 Å². The molecule has 0 aliphatic heterocycles. The van der Waals surface area contributed by atoms with E-state index < -0.39 is 15.6 Å². The first-order chi connectivity index (χ1) is 11.3. The molecule has 24 heavy (non-hydrogen) atoms. The van der Waals surface area contributed by atoms with Crippen molar-refractivity contribution in [1.82, 2.24) is 10.0 Å². The van der Waals surface area contributed by atoms with Gasteiger partial charge in [-0.25, -0.2) is 13.1 Å². The van der Waals surface area contributed by atoms with Gasteiger partial charge in [0.1, 0.15) is 0 Å². The molecule has 0 aromatic heterocycles. The standard InChI is InChI=1S/C18H24N2O3S/c1-14(15-8-7-11-17(12-15)24(22,23)19-3)20-13-18(2,21)16-9-5-4-6-10-16/h4-12,14,19-21H,13H2,1-3H3/t14-,18+/m1/s1. The molecule has 6 heteroatoms. The van der Waals surface area contributed by atoms with Gasteiger partial charge in [-0.15, -0.1) is 0 Å². The summed E-state index contributed by atoms with van der Waals surface area (Å²) in [5.74, 6) is 0. The maximum atomic E-state index is 11.9. The molecule has 3 N–H and O–H groups in total. The minimum atomic E-state index is -3.47. The van der Waals surface area contributed by atoms with Gasteiger partial charge in [0.05, 0.1) is 10.5 Å². The lowest BCUT2D eigenvalue weighted by Gasteiger charge is -2.27. The van der Waals surface area contributed by atoms with Gasteiger partial charge in [0.15, 0.2) is 0 Å². The highest BCUT2D eigenvalue weighted by atomic mass is 32.2. The summed E-state index contributed by atoms with van der Waals surface area (Å²) in [7, 11) is -2.08. The molecule has 130 valence electrons. The Labute approximate surface area is 143 Å². The van der Waals surface area contributed by atoms with Crippen molar-refractivity contribution >= 4 is 10.0 Å². The fourth-order valence-electron chi connectivity index (χ4n) is 2.44. The third-order valence-electron chi connectivity index (χ3n) is 4.09. The van der Waals surface area contributed by atoms with Crippen LogP contribution in [0.5, 0.6) is 0 Å². The summed E-state index contributed by atoms with van der Waals surface area (Å²) in [6.07, 6.45) is 0. The second kappa shape index (κ2) is 7.44. The van der Waals surface area contributed by atoms with Crippen LogP contribution in [0.25, 0.3) is 0 Å². The molecule has 2 aromatic rings. The molecule has 2 atom stereocenters. The zero-order chi connectivity index (χ0) is 17.8. The zero-order valence-corrected chi connectivity index (χ0v) is 15.0. The van der Waals surface area contributed by atoms with E-state index in [0.29, 0.717) is 6.54 Å². The van der Waals surface area contributed by atoms with Crippen LogP contribution in [0.3, 0.4) is 0 Å². The van der Waals surface area contributed by atoms with E-state index in [1.807, 2.05) is 43.3 Å². The molecule has 0 saturated carbocycles.